The number of ketones is 1. The molecule has 0 saturated heterocycles. The highest BCUT2D eigenvalue weighted by atomic mass is 32.1. The molecule has 0 bridgehead atoms. The molecule has 0 atom stereocenters. The van der Waals surface area contributed by atoms with E-state index in [-0.39, 0.29) is 11.7 Å². The van der Waals surface area contributed by atoms with Crippen molar-refractivity contribution in [2.45, 2.75) is 26.8 Å². The van der Waals surface area contributed by atoms with E-state index in [1.807, 2.05) is 0 Å². The molecule has 4 nitrogen and oxygen atoms in total. The highest BCUT2D eigenvalue weighted by Gasteiger charge is 2.18. The lowest BCUT2D eigenvalue weighted by atomic mass is 10.2. The molecule has 76 valence electrons. The van der Waals surface area contributed by atoms with Crippen LogP contribution < -0.4 is 5.32 Å². The van der Waals surface area contributed by atoms with Crippen molar-refractivity contribution in [3.63, 3.8) is 0 Å². The van der Waals surface area contributed by atoms with Crippen molar-refractivity contribution in [3.8, 4) is 0 Å². The second-order valence-corrected chi connectivity index (χ2v) is 4.27. The first-order chi connectivity index (χ1) is 6.50. The quantitative estimate of drug-likeness (QED) is 0.604. The lowest BCUT2D eigenvalue weighted by Crippen LogP contribution is -2.36. The molecule has 0 unspecified atom stereocenters. The molecule has 0 aliphatic heterocycles. The maximum atomic E-state index is 11.4. The molecule has 1 aromatic rings. The molecule has 0 aliphatic rings. The molecule has 1 rings (SSSR count). The summed E-state index contributed by atoms with van der Waals surface area (Å²) in [5.74, 6) is -1.16. The number of nitrogens with zero attached hydrogens (tertiary/aromatic N) is 1. The molecule has 0 spiro atoms. The third-order valence-corrected chi connectivity index (χ3v) is 2.25. The fourth-order valence-corrected chi connectivity index (χ4v) is 1.50. The predicted molar refractivity (Wildman–Crippen MR) is 54.5 cm³/mol. The van der Waals surface area contributed by atoms with Crippen molar-refractivity contribution >= 4 is 23.0 Å². The van der Waals surface area contributed by atoms with Crippen molar-refractivity contribution in [3.05, 3.63) is 16.1 Å². The van der Waals surface area contributed by atoms with Gasteiger partial charge in [-0.1, -0.05) is 0 Å². The number of aromatic nitrogens is 1. The molecular formula is C9H12N2O2S. The summed E-state index contributed by atoms with van der Waals surface area (Å²) in [6, 6.07) is -0.0359. The minimum absolute atomic E-state index is 0.0359. The Bertz CT molecular complexity index is 357. The third kappa shape index (κ3) is 2.63. The maximum Gasteiger partial charge on any atom is 0.294 e. The maximum absolute atomic E-state index is 11.4. The van der Waals surface area contributed by atoms with E-state index >= 15 is 0 Å². The van der Waals surface area contributed by atoms with Crippen molar-refractivity contribution in [1.29, 1.82) is 0 Å². The summed E-state index contributed by atoms with van der Waals surface area (Å²) in [7, 11) is 0. The van der Waals surface area contributed by atoms with E-state index in [9.17, 15) is 9.59 Å². The summed E-state index contributed by atoms with van der Waals surface area (Å²) in [6.07, 6.45) is 0. The number of carbonyl (C=O) groups is 2. The van der Waals surface area contributed by atoms with Gasteiger partial charge in [0, 0.05) is 11.4 Å². The van der Waals surface area contributed by atoms with Crippen LogP contribution in [0.15, 0.2) is 5.38 Å². The SMILES string of the molecule is Cc1nc(C(=O)C(=O)NC(C)C)cs1. The molecule has 0 radical (unpaired) electrons. The smallest absolute Gasteiger partial charge is 0.294 e. The molecule has 0 aliphatic carbocycles. The topological polar surface area (TPSA) is 59.1 Å². The number of hydrogen-bond donors (Lipinski definition) is 1. The monoisotopic (exact) mass is 212 g/mol. The Morgan fingerprint density at radius 3 is 2.57 bits per heavy atom. The van der Waals surface area contributed by atoms with Gasteiger partial charge in [-0.05, 0) is 20.8 Å². The van der Waals surface area contributed by atoms with Gasteiger partial charge in [-0.15, -0.1) is 11.3 Å². The van der Waals surface area contributed by atoms with E-state index in [2.05, 4.69) is 10.3 Å². The Morgan fingerprint density at radius 2 is 2.14 bits per heavy atom. The van der Waals surface area contributed by atoms with Gasteiger partial charge in [0.2, 0.25) is 0 Å². The van der Waals surface area contributed by atoms with E-state index in [1.165, 1.54) is 11.3 Å². The van der Waals surface area contributed by atoms with Gasteiger partial charge in [0.15, 0.2) is 0 Å². The lowest BCUT2D eigenvalue weighted by Gasteiger charge is -2.05. The normalized spacial score (nSPS) is 10.3. The van der Waals surface area contributed by atoms with Crippen LogP contribution in [0.5, 0.6) is 0 Å². The number of carbonyl (C=O) groups excluding carboxylic acids is 2. The lowest BCUT2D eigenvalue weighted by molar-refractivity contribution is -0.117. The van der Waals surface area contributed by atoms with Crippen LogP contribution in [0.4, 0.5) is 0 Å². The number of nitrogens with one attached hydrogen (secondary N) is 1. The summed E-state index contributed by atoms with van der Waals surface area (Å²) in [4.78, 5) is 26.6. The van der Waals surface area contributed by atoms with Crippen LogP contribution in [0.1, 0.15) is 29.3 Å². The molecule has 1 amide bonds. The molecule has 0 fully saturated rings. The highest BCUT2D eigenvalue weighted by Crippen LogP contribution is 2.08. The van der Waals surface area contributed by atoms with E-state index in [4.69, 9.17) is 0 Å². The number of amides is 1. The zero-order valence-electron chi connectivity index (χ0n) is 8.33. The van der Waals surface area contributed by atoms with Crippen LogP contribution in [0, 0.1) is 6.92 Å². The van der Waals surface area contributed by atoms with Crippen LogP contribution in [0.3, 0.4) is 0 Å². The van der Waals surface area contributed by atoms with E-state index in [1.54, 1.807) is 26.2 Å². The van der Waals surface area contributed by atoms with Crippen molar-refractivity contribution < 1.29 is 9.59 Å². The Morgan fingerprint density at radius 1 is 1.50 bits per heavy atom. The summed E-state index contributed by atoms with van der Waals surface area (Å²) in [5, 5.41) is 4.90. The second kappa shape index (κ2) is 4.32. The number of rotatable bonds is 3. The van der Waals surface area contributed by atoms with E-state index in [0.717, 1.165) is 5.01 Å². The van der Waals surface area contributed by atoms with Gasteiger partial charge in [-0.2, -0.15) is 0 Å². The summed E-state index contributed by atoms with van der Waals surface area (Å²) in [6.45, 7) is 5.40. The Hall–Kier alpha value is -1.23. The molecular weight excluding hydrogens is 200 g/mol. The number of hydrogen-bond acceptors (Lipinski definition) is 4. The third-order valence-electron chi connectivity index (χ3n) is 1.48. The predicted octanol–water partition coefficient (Wildman–Crippen LogP) is 1.16. The second-order valence-electron chi connectivity index (χ2n) is 3.21. The van der Waals surface area contributed by atoms with Gasteiger partial charge in [-0.25, -0.2) is 4.98 Å². The van der Waals surface area contributed by atoms with E-state index in [0.29, 0.717) is 0 Å². The molecule has 0 saturated carbocycles. The first kappa shape index (κ1) is 10.8. The van der Waals surface area contributed by atoms with Crippen LogP contribution in [0.2, 0.25) is 0 Å². The summed E-state index contributed by atoms with van der Waals surface area (Å²) in [5.41, 5.74) is 0.227. The fourth-order valence-electron chi connectivity index (χ4n) is 0.912. The van der Waals surface area contributed by atoms with Crippen LogP contribution >= 0.6 is 11.3 Å². The van der Waals surface area contributed by atoms with Gasteiger partial charge < -0.3 is 5.32 Å². The van der Waals surface area contributed by atoms with Crippen molar-refractivity contribution in [2.24, 2.45) is 0 Å². The van der Waals surface area contributed by atoms with Crippen LogP contribution in [-0.2, 0) is 4.79 Å². The van der Waals surface area contributed by atoms with Crippen molar-refractivity contribution in [2.75, 3.05) is 0 Å². The molecule has 1 N–H and O–H groups in total. The largest absolute Gasteiger partial charge is 0.347 e. The number of Topliss-reactive ketones (excluding diaryl/α,β-unsaturated/α-hetero) is 1. The zero-order valence-corrected chi connectivity index (χ0v) is 9.14. The highest BCUT2D eigenvalue weighted by molar-refractivity contribution is 7.09. The van der Waals surface area contributed by atoms with Crippen LogP contribution in [-0.4, -0.2) is 22.7 Å². The van der Waals surface area contributed by atoms with Crippen LogP contribution in [0.25, 0.3) is 0 Å². The van der Waals surface area contributed by atoms with Crippen molar-refractivity contribution in [1.82, 2.24) is 10.3 Å². The standard InChI is InChI=1S/C9H12N2O2S/c1-5(2)10-9(13)8(12)7-4-14-6(3)11-7/h4-5H,1-3H3,(H,10,13). The van der Waals surface area contributed by atoms with Gasteiger partial charge in [0.25, 0.3) is 11.7 Å². The molecule has 1 heterocycles. The van der Waals surface area contributed by atoms with Gasteiger partial charge in [0.1, 0.15) is 5.69 Å². The average Bonchev–Trinajstić information content (AvgIpc) is 2.49. The first-order valence-electron chi connectivity index (χ1n) is 4.28. The Balaban J connectivity index is 2.71. The Labute approximate surface area is 86.4 Å². The minimum atomic E-state index is -0.592. The molecule has 1 aromatic heterocycles. The summed E-state index contributed by atoms with van der Waals surface area (Å²) < 4.78 is 0. The first-order valence-corrected chi connectivity index (χ1v) is 5.16. The fraction of sp³-hybridized carbons (Fsp3) is 0.444. The minimum Gasteiger partial charge on any atom is -0.347 e. The average molecular weight is 212 g/mol. The molecule has 14 heavy (non-hydrogen) atoms. The number of thiazole rings is 1. The zero-order chi connectivity index (χ0) is 10.7. The molecule has 0 aromatic carbocycles. The van der Waals surface area contributed by atoms with Gasteiger partial charge >= 0.3 is 0 Å². The number of aryl methyl sites for hydroxylation is 1. The van der Waals surface area contributed by atoms with E-state index < -0.39 is 11.7 Å². The van der Waals surface area contributed by atoms with Gasteiger partial charge in [-0.3, -0.25) is 9.59 Å². The Kier molecular flexibility index (Phi) is 3.35. The summed E-state index contributed by atoms with van der Waals surface area (Å²) >= 11 is 1.36. The van der Waals surface area contributed by atoms with Gasteiger partial charge in [0.05, 0.1) is 5.01 Å². The molecule has 5 heteroatoms.